The normalized spacial score (nSPS) is 10.8. The molecule has 0 spiro atoms. The van der Waals surface area contributed by atoms with E-state index in [4.69, 9.17) is 33.9 Å². The number of nitrogens with one attached hydrogen (secondary N) is 1. The van der Waals surface area contributed by atoms with Crippen LogP contribution in [0, 0.1) is 11.3 Å². The zero-order valence-electron chi connectivity index (χ0n) is 17.1. The Hall–Kier alpha value is -4.05. The molecule has 8 heteroatoms. The van der Waals surface area contributed by atoms with Gasteiger partial charge in [-0.05, 0) is 35.9 Å². The van der Waals surface area contributed by atoms with Gasteiger partial charge in [0.25, 0.3) is 0 Å². The van der Waals surface area contributed by atoms with Gasteiger partial charge in [0.1, 0.15) is 17.5 Å². The van der Waals surface area contributed by atoms with Gasteiger partial charge in [-0.15, -0.1) is 5.10 Å². The zero-order valence-corrected chi connectivity index (χ0v) is 18.6. The molecule has 2 aromatic heterocycles. The predicted octanol–water partition coefficient (Wildman–Crippen LogP) is 6.57. The quantitative estimate of drug-likeness (QED) is 0.309. The number of para-hydroxylation sites is 1. The van der Waals surface area contributed by atoms with Crippen molar-refractivity contribution >= 4 is 46.2 Å². The molecule has 6 nitrogen and oxygen atoms in total. The van der Waals surface area contributed by atoms with Crippen molar-refractivity contribution in [2.75, 3.05) is 11.1 Å². The molecular weight excluding hydrogens is 455 g/mol. The van der Waals surface area contributed by atoms with Crippen LogP contribution in [0.5, 0.6) is 0 Å². The highest BCUT2D eigenvalue weighted by Crippen LogP contribution is 2.38. The number of benzene rings is 3. The van der Waals surface area contributed by atoms with Gasteiger partial charge in [-0.25, -0.2) is 4.98 Å². The number of nitrogens with zero attached hydrogens (tertiary/aromatic N) is 4. The maximum atomic E-state index is 9.90. The molecule has 0 aliphatic carbocycles. The van der Waals surface area contributed by atoms with E-state index >= 15 is 0 Å². The van der Waals surface area contributed by atoms with Gasteiger partial charge in [-0.2, -0.15) is 9.78 Å². The number of fused-ring (bicyclic) bond motifs is 1. The Morgan fingerprint density at radius 3 is 2.30 bits per heavy atom. The number of rotatable bonds is 4. The van der Waals surface area contributed by atoms with Gasteiger partial charge in [0.05, 0.1) is 16.3 Å². The van der Waals surface area contributed by atoms with Crippen molar-refractivity contribution in [2.24, 2.45) is 0 Å². The SMILES string of the molecule is N#Cc1c(-c2ccc(Cl)cc2Cl)nc2c(-c3ccccc3)c(Nc3ccccc3)nn2c1N. The molecule has 0 unspecified atom stereocenters. The Labute approximate surface area is 199 Å². The number of halogens is 2. The van der Waals surface area contributed by atoms with Gasteiger partial charge >= 0.3 is 0 Å². The van der Waals surface area contributed by atoms with Gasteiger partial charge in [-0.3, -0.25) is 0 Å². The molecule has 0 amide bonds. The minimum absolute atomic E-state index is 0.168. The Kier molecular flexibility index (Phi) is 5.35. The number of nitriles is 1. The smallest absolute Gasteiger partial charge is 0.168 e. The van der Waals surface area contributed by atoms with E-state index in [0.717, 1.165) is 16.8 Å². The molecule has 33 heavy (non-hydrogen) atoms. The average Bonchev–Trinajstić information content (AvgIpc) is 3.18. The van der Waals surface area contributed by atoms with E-state index < -0.39 is 0 Å². The second kappa shape index (κ2) is 8.47. The van der Waals surface area contributed by atoms with Crippen LogP contribution < -0.4 is 11.1 Å². The van der Waals surface area contributed by atoms with Crippen molar-refractivity contribution in [3.63, 3.8) is 0 Å². The summed E-state index contributed by atoms with van der Waals surface area (Å²) in [7, 11) is 0. The van der Waals surface area contributed by atoms with Crippen molar-refractivity contribution in [3.8, 4) is 28.5 Å². The van der Waals surface area contributed by atoms with E-state index in [1.807, 2.05) is 60.7 Å². The third-order valence-corrected chi connectivity index (χ3v) is 5.74. The van der Waals surface area contributed by atoms with Crippen LogP contribution in [0.1, 0.15) is 5.56 Å². The third-order valence-electron chi connectivity index (χ3n) is 5.20. The molecule has 5 rings (SSSR count). The molecule has 160 valence electrons. The van der Waals surface area contributed by atoms with E-state index in [9.17, 15) is 5.26 Å². The molecule has 0 aliphatic heterocycles. The maximum Gasteiger partial charge on any atom is 0.168 e. The van der Waals surface area contributed by atoms with Crippen LogP contribution in [0.15, 0.2) is 78.9 Å². The summed E-state index contributed by atoms with van der Waals surface area (Å²) in [5.41, 5.74) is 10.6. The fourth-order valence-electron chi connectivity index (χ4n) is 3.67. The Balaban J connectivity index is 1.83. The van der Waals surface area contributed by atoms with Gasteiger partial charge in [0, 0.05) is 16.3 Å². The minimum Gasteiger partial charge on any atom is -0.382 e. The molecule has 0 atom stereocenters. The Morgan fingerprint density at radius 1 is 0.939 bits per heavy atom. The molecule has 3 N–H and O–H groups in total. The first kappa shape index (κ1) is 20.8. The van der Waals surface area contributed by atoms with Crippen LogP contribution in [0.4, 0.5) is 17.3 Å². The number of hydrogen-bond donors (Lipinski definition) is 2. The summed E-state index contributed by atoms with van der Waals surface area (Å²) in [5, 5.41) is 18.8. The lowest BCUT2D eigenvalue weighted by molar-refractivity contribution is 0.953. The van der Waals surface area contributed by atoms with Crippen molar-refractivity contribution in [1.29, 1.82) is 5.26 Å². The Morgan fingerprint density at radius 2 is 1.64 bits per heavy atom. The molecule has 0 saturated heterocycles. The number of nitrogens with two attached hydrogens (primary N) is 1. The molecule has 0 saturated carbocycles. The first-order valence-corrected chi connectivity index (χ1v) is 10.8. The molecule has 0 bridgehead atoms. The molecule has 0 radical (unpaired) electrons. The van der Waals surface area contributed by atoms with Gasteiger partial charge < -0.3 is 11.1 Å². The van der Waals surface area contributed by atoms with E-state index in [1.54, 1.807) is 18.2 Å². The van der Waals surface area contributed by atoms with Crippen molar-refractivity contribution < 1.29 is 0 Å². The number of aromatic nitrogens is 3. The van der Waals surface area contributed by atoms with Gasteiger partial charge in [0.2, 0.25) is 0 Å². The summed E-state index contributed by atoms with van der Waals surface area (Å²) >= 11 is 12.5. The fourth-order valence-corrected chi connectivity index (χ4v) is 4.17. The standard InChI is InChI=1S/C25H16Cl2N6/c26-16-11-12-18(20(27)13-16)22-19(14-28)23(29)33-25(31-22)21(15-7-3-1-4-8-15)24(32-33)30-17-9-5-2-6-10-17/h1-13H,29H2,(H,30,32). The first-order valence-electron chi connectivity index (χ1n) is 10.0. The maximum absolute atomic E-state index is 9.90. The van der Waals surface area contributed by atoms with E-state index in [-0.39, 0.29) is 11.4 Å². The van der Waals surface area contributed by atoms with Crippen molar-refractivity contribution in [1.82, 2.24) is 14.6 Å². The second-order valence-corrected chi connectivity index (χ2v) is 8.12. The fraction of sp³-hybridized carbons (Fsp3) is 0. The Bertz CT molecular complexity index is 1520. The summed E-state index contributed by atoms with van der Waals surface area (Å²) in [5.74, 6) is 0.733. The molecule has 0 aliphatic rings. The summed E-state index contributed by atoms with van der Waals surface area (Å²) in [6.07, 6.45) is 0. The lowest BCUT2D eigenvalue weighted by atomic mass is 10.1. The highest BCUT2D eigenvalue weighted by atomic mass is 35.5. The molecule has 0 fully saturated rings. The highest BCUT2D eigenvalue weighted by Gasteiger charge is 2.23. The van der Waals surface area contributed by atoms with Crippen LogP contribution in [0.2, 0.25) is 10.0 Å². The molecular formula is C25H16Cl2N6. The topological polar surface area (TPSA) is 92.0 Å². The van der Waals surface area contributed by atoms with E-state index in [2.05, 4.69) is 16.5 Å². The van der Waals surface area contributed by atoms with Crippen LogP contribution in [0.3, 0.4) is 0 Å². The van der Waals surface area contributed by atoms with Gasteiger partial charge in [0.15, 0.2) is 11.5 Å². The first-order chi connectivity index (χ1) is 16.1. The summed E-state index contributed by atoms with van der Waals surface area (Å²) in [6.45, 7) is 0. The second-order valence-electron chi connectivity index (χ2n) is 7.27. The number of nitrogen functional groups attached to an aromatic ring is 1. The molecule has 2 heterocycles. The number of anilines is 3. The third kappa shape index (κ3) is 3.74. The highest BCUT2D eigenvalue weighted by molar-refractivity contribution is 6.36. The largest absolute Gasteiger partial charge is 0.382 e. The van der Waals surface area contributed by atoms with E-state index in [0.29, 0.717) is 32.8 Å². The zero-order chi connectivity index (χ0) is 22.9. The summed E-state index contributed by atoms with van der Waals surface area (Å²) in [6, 6.07) is 26.6. The average molecular weight is 471 g/mol. The van der Waals surface area contributed by atoms with E-state index in [1.165, 1.54) is 4.52 Å². The molecule has 5 aromatic rings. The lowest BCUT2D eigenvalue weighted by Crippen LogP contribution is -2.06. The molecule has 3 aromatic carbocycles. The van der Waals surface area contributed by atoms with Crippen LogP contribution in [0.25, 0.3) is 28.0 Å². The predicted molar refractivity (Wildman–Crippen MR) is 133 cm³/mol. The minimum atomic E-state index is 0.168. The van der Waals surface area contributed by atoms with Crippen LogP contribution >= 0.6 is 23.2 Å². The number of hydrogen-bond acceptors (Lipinski definition) is 5. The van der Waals surface area contributed by atoms with Crippen LogP contribution in [-0.4, -0.2) is 14.6 Å². The monoisotopic (exact) mass is 470 g/mol. The lowest BCUT2D eigenvalue weighted by Gasteiger charge is -2.10. The van der Waals surface area contributed by atoms with Gasteiger partial charge in [-0.1, -0.05) is 71.7 Å². The summed E-state index contributed by atoms with van der Waals surface area (Å²) < 4.78 is 1.49. The van der Waals surface area contributed by atoms with Crippen molar-refractivity contribution in [3.05, 3.63) is 94.5 Å². The van der Waals surface area contributed by atoms with Crippen LogP contribution in [-0.2, 0) is 0 Å². The van der Waals surface area contributed by atoms with Crippen molar-refractivity contribution in [2.45, 2.75) is 0 Å². The summed E-state index contributed by atoms with van der Waals surface area (Å²) in [4.78, 5) is 4.84.